The zero-order valence-electron chi connectivity index (χ0n) is 9.64. The van der Waals surface area contributed by atoms with Gasteiger partial charge in [-0.1, -0.05) is 48.2 Å². The number of nitrogens with two attached hydrogens (primary N) is 1. The molecule has 18 heavy (non-hydrogen) atoms. The van der Waals surface area contributed by atoms with Gasteiger partial charge in [-0.05, 0) is 28.8 Å². The fourth-order valence-corrected chi connectivity index (χ4v) is 2.29. The Bertz CT molecular complexity index is 511. The Morgan fingerprint density at radius 1 is 1.00 bits per heavy atom. The topological polar surface area (TPSA) is 26.0 Å². The number of alkyl halides is 2. The van der Waals surface area contributed by atoms with Crippen LogP contribution in [0.4, 0.5) is 8.78 Å². The fraction of sp³-hybridized carbons (Fsp3) is 0.143. The summed E-state index contributed by atoms with van der Waals surface area (Å²) in [5.41, 5.74) is 8.77. The Morgan fingerprint density at radius 2 is 1.67 bits per heavy atom. The predicted octanol–water partition coefficient (Wildman–Crippen LogP) is 4.13. The van der Waals surface area contributed by atoms with Gasteiger partial charge >= 0.3 is 0 Å². The lowest BCUT2D eigenvalue weighted by Gasteiger charge is -2.08. The lowest BCUT2D eigenvalue weighted by Crippen LogP contribution is -1.98. The van der Waals surface area contributed by atoms with Crippen LogP contribution < -0.4 is 5.73 Å². The molecule has 0 aliphatic carbocycles. The summed E-state index contributed by atoms with van der Waals surface area (Å²) in [7, 11) is 0. The lowest BCUT2D eigenvalue weighted by molar-refractivity contribution is 0.252. The van der Waals surface area contributed by atoms with E-state index in [1.165, 1.54) is 0 Å². The van der Waals surface area contributed by atoms with Crippen molar-refractivity contribution in [1.82, 2.24) is 0 Å². The van der Waals surface area contributed by atoms with Crippen molar-refractivity contribution in [2.75, 3.05) is 0 Å². The van der Waals surface area contributed by atoms with E-state index in [0.717, 1.165) is 16.7 Å². The molecule has 0 saturated heterocycles. The van der Waals surface area contributed by atoms with Gasteiger partial charge in [-0.3, -0.25) is 0 Å². The Labute approximate surface area is 109 Å². The second kappa shape index (κ2) is 5.98. The minimum Gasteiger partial charge on any atom is -0.326 e. The van der Waals surface area contributed by atoms with E-state index in [1.54, 1.807) is 12.1 Å². The highest BCUT2D eigenvalue weighted by Crippen LogP contribution is 2.29. The first-order valence-electron chi connectivity index (χ1n) is 5.54. The van der Waals surface area contributed by atoms with Gasteiger partial charge in [0.25, 0.3) is 5.76 Å². The molecule has 2 aromatic rings. The third-order valence-corrected chi connectivity index (χ3v) is 3.35. The summed E-state index contributed by atoms with van der Waals surface area (Å²) in [6, 6.07) is 14.9. The molecule has 0 unspecified atom stereocenters. The molecule has 0 saturated carbocycles. The number of benzene rings is 2. The predicted molar refractivity (Wildman–Crippen MR) is 71.6 cm³/mol. The summed E-state index contributed by atoms with van der Waals surface area (Å²) in [5, 5.41) is 0. The Kier molecular flexibility index (Phi) is 4.33. The number of rotatable bonds is 4. The van der Waals surface area contributed by atoms with Gasteiger partial charge in [0.05, 0.1) is 0 Å². The van der Waals surface area contributed by atoms with E-state index in [2.05, 4.69) is 0 Å². The van der Waals surface area contributed by atoms with E-state index in [4.69, 9.17) is 5.73 Å². The van der Waals surface area contributed by atoms with Gasteiger partial charge in [0.1, 0.15) is 0 Å². The summed E-state index contributed by atoms with van der Waals surface area (Å²) in [4.78, 5) is 0.568. The van der Waals surface area contributed by atoms with Crippen molar-refractivity contribution < 1.29 is 8.78 Å². The largest absolute Gasteiger partial charge is 0.326 e. The Morgan fingerprint density at radius 3 is 2.28 bits per heavy atom. The maximum absolute atomic E-state index is 12.2. The second-order valence-electron chi connectivity index (χ2n) is 3.76. The van der Waals surface area contributed by atoms with E-state index in [9.17, 15) is 8.78 Å². The second-order valence-corrected chi connectivity index (χ2v) is 4.83. The van der Waals surface area contributed by atoms with Crippen molar-refractivity contribution in [1.29, 1.82) is 0 Å². The SMILES string of the molecule is NCc1ccccc1-c1ccc(SC(F)F)cc1. The summed E-state index contributed by atoms with van der Waals surface area (Å²) in [5.74, 6) is -2.38. The van der Waals surface area contributed by atoms with Crippen LogP contribution >= 0.6 is 11.8 Å². The van der Waals surface area contributed by atoms with E-state index in [1.807, 2.05) is 36.4 Å². The molecule has 0 fully saturated rings. The molecule has 2 N–H and O–H groups in total. The molecule has 0 aliphatic heterocycles. The van der Waals surface area contributed by atoms with Gasteiger partial charge in [0.2, 0.25) is 0 Å². The molecule has 0 bridgehead atoms. The van der Waals surface area contributed by atoms with Crippen molar-refractivity contribution in [3.05, 3.63) is 54.1 Å². The summed E-state index contributed by atoms with van der Waals surface area (Å²) < 4.78 is 24.4. The van der Waals surface area contributed by atoms with Crippen LogP contribution in [0.1, 0.15) is 5.56 Å². The molecule has 0 aromatic heterocycles. The average molecular weight is 265 g/mol. The molecule has 0 atom stereocenters. The smallest absolute Gasteiger partial charge is 0.288 e. The highest BCUT2D eigenvalue weighted by atomic mass is 32.2. The third-order valence-electron chi connectivity index (χ3n) is 2.63. The van der Waals surface area contributed by atoms with E-state index < -0.39 is 5.76 Å². The Hall–Kier alpha value is -1.39. The molecule has 1 nitrogen and oxygen atoms in total. The standard InChI is InChI=1S/C14H13F2NS/c15-14(16)18-12-7-5-10(6-8-12)13-4-2-1-3-11(13)9-17/h1-8,14H,9,17H2. The van der Waals surface area contributed by atoms with Crippen LogP contribution in [0.15, 0.2) is 53.4 Å². The van der Waals surface area contributed by atoms with Crippen molar-refractivity contribution in [2.24, 2.45) is 5.73 Å². The molecule has 4 heteroatoms. The first kappa shape index (κ1) is 13.1. The molecular formula is C14H13F2NS. The molecule has 94 valence electrons. The summed E-state index contributed by atoms with van der Waals surface area (Å²) in [6.07, 6.45) is 0. The van der Waals surface area contributed by atoms with Crippen molar-refractivity contribution in [3.63, 3.8) is 0 Å². The van der Waals surface area contributed by atoms with Crippen LogP contribution in [0.25, 0.3) is 11.1 Å². The Balaban J connectivity index is 2.28. The summed E-state index contributed by atoms with van der Waals surface area (Å²) >= 11 is 0.554. The number of hydrogen-bond donors (Lipinski definition) is 1. The van der Waals surface area contributed by atoms with Crippen LogP contribution in [-0.2, 0) is 6.54 Å². The highest BCUT2D eigenvalue weighted by Gasteiger charge is 2.06. The molecule has 0 radical (unpaired) electrons. The van der Waals surface area contributed by atoms with Crippen LogP contribution in [0.2, 0.25) is 0 Å². The number of halogens is 2. The van der Waals surface area contributed by atoms with Crippen LogP contribution in [0.5, 0.6) is 0 Å². The quantitative estimate of drug-likeness (QED) is 0.841. The van der Waals surface area contributed by atoms with Gasteiger partial charge < -0.3 is 5.73 Å². The van der Waals surface area contributed by atoms with Gasteiger partial charge in [-0.2, -0.15) is 8.78 Å². The lowest BCUT2D eigenvalue weighted by atomic mass is 10.00. The zero-order valence-corrected chi connectivity index (χ0v) is 10.5. The fourth-order valence-electron chi connectivity index (χ4n) is 1.80. The van der Waals surface area contributed by atoms with Crippen LogP contribution in [0, 0.1) is 0 Å². The molecule has 2 aromatic carbocycles. The average Bonchev–Trinajstić information content (AvgIpc) is 2.39. The van der Waals surface area contributed by atoms with Crippen LogP contribution in [-0.4, -0.2) is 5.76 Å². The van der Waals surface area contributed by atoms with Gasteiger partial charge in [0, 0.05) is 11.4 Å². The molecule has 0 aliphatic rings. The first-order valence-corrected chi connectivity index (χ1v) is 6.42. The molecular weight excluding hydrogens is 252 g/mol. The van der Waals surface area contributed by atoms with Crippen molar-refractivity contribution >= 4 is 11.8 Å². The van der Waals surface area contributed by atoms with Gasteiger partial charge in [-0.25, -0.2) is 0 Å². The monoisotopic (exact) mass is 265 g/mol. The molecule has 0 heterocycles. The maximum Gasteiger partial charge on any atom is 0.288 e. The first-order chi connectivity index (χ1) is 8.70. The number of hydrogen-bond acceptors (Lipinski definition) is 2. The third kappa shape index (κ3) is 3.09. The van der Waals surface area contributed by atoms with E-state index >= 15 is 0 Å². The van der Waals surface area contributed by atoms with Crippen molar-refractivity contribution in [2.45, 2.75) is 17.2 Å². The van der Waals surface area contributed by atoms with Gasteiger partial charge in [0.15, 0.2) is 0 Å². The minimum atomic E-state index is -2.38. The van der Waals surface area contributed by atoms with Crippen molar-refractivity contribution in [3.8, 4) is 11.1 Å². The van der Waals surface area contributed by atoms with E-state index in [-0.39, 0.29) is 0 Å². The minimum absolute atomic E-state index is 0.462. The number of thioether (sulfide) groups is 1. The van der Waals surface area contributed by atoms with Gasteiger partial charge in [-0.15, -0.1) is 0 Å². The zero-order chi connectivity index (χ0) is 13.0. The maximum atomic E-state index is 12.2. The van der Waals surface area contributed by atoms with E-state index in [0.29, 0.717) is 23.2 Å². The highest BCUT2D eigenvalue weighted by molar-refractivity contribution is 7.99. The molecule has 0 spiro atoms. The normalized spacial score (nSPS) is 10.9. The molecule has 2 rings (SSSR count). The van der Waals surface area contributed by atoms with Crippen LogP contribution in [0.3, 0.4) is 0 Å². The molecule has 0 amide bonds. The summed E-state index contributed by atoms with van der Waals surface area (Å²) in [6.45, 7) is 0.462.